The van der Waals surface area contributed by atoms with Gasteiger partial charge in [-0.05, 0) is 24.6 Å². The molecule has 112 valence electrons. The van der Waals surface area contributed by atoms with Crippen LogP contribution in [0.5, 0.6) is 0 Å². The number of carbonyl (C=O) groups is 1. The third kappa shape index (κ3) is 3.24. The summed E-state index contributed by atoms with van der Waals surface area (Å²) >= 11 is 1.22. The molecule has 1 heterocycles. The first kappa shape index (κ1) is 15.5. The summed E-state index contributed by atoms with van der Waals surface area (Å²) in [5, 5.41) is 10.1. The van der Waals surface area contributed by atoms with Gasteiger partial charge in [0.2, 0.25) is 0 Å². The molecule has 2 aromatic rings. The second-order valence-electron chi connectivity index (χ2n) is 6.13. The summed E-state index contributed by atoms with van der Waals surface area (Å²) in [7, 11) is 1.91. The van der Waals surface area contributed by atoms with E-state index in [4.69, 9.17) is 0 Å². The van der Waals surface area contributed by atoms with Crippen molar-refractivity contribution < 1.29 is 9.90 Å². The molecule has 0 aliphatic heterocycles. The molecule has 0 radical (unpaired) electrons. The highest BCUT2D eigenvalue weighted by molar-refractivity contribution is 7.17. The lowest BCUT2D eigenvalue weighted by atomic mass is 9.91. The monoisotopic (exact) mass is 304 g/mol. The Bertz CT molecular complexity index is 671. The van der Waals surface area contributed by atoms with Gasteiger partial charge >= 0.3 is 5.97 Å². The van der Waals surface area contributed by atoms with Gasteiger partial charge in [0.1, 0.15) is 4.88 Å². The Morgan fingerprint density at radius 1 is 1.33 bits per heavy atom. The average Bonchev–Trinajstić information content (AvgIpc) is 2.83. The van der Waals surface area contributed by atoms with Gasteiger partial charge in [-0.1, -0.05) is 44.2 Å². The van der Waals surface area contributed by atoms with Crippen LogP contribution in [0.1, 0.15) is 41.7 Å². The van der Waals surface area contributed by atoms with Crippen LogP contribution in [0, 0.1) is 6.92 Å². The molecule has 0 fully saturated rings. The lowest BCUT2D eigenvalue weighted by Gasteiger charge is -2.18. The van der Waals surface area contributed by atoms with Crippen molar-refractivity contribution in [3.8, 4) is 0 Å². The molecule has 0 amide bonds. The van der Waals surface area contributed by atoms with Crippen LogP contribution in [-0.2, 0) is 5.41 Å². The lowest BCUT2D eigenvalue weighted by Crippen LogP contribution is -2.16. The Labute approximate surface area is 129 Å². The Morgan fingerprint density at radius 3 is 2.48 bits per heavy atom. The predicted molar refractivity (Wildman–Crippen MR) is 87.0 cm³/mol. The fourth-order valence-corrected chi connectivity index (χ4v) is 3.15. The molecule has 2 rings (SSSR count). The van der Waals surface area contributed by atoms with Crippen LogP contribution in [0.15, 0.2) is 24.3 Å². The van der Waals surface area contributed by atoms with E-state index < -0.39 is 5.97 Å². The zero-order valence-electron chi connectivity index (χ0n) is 13.0. The Balaban J connectivity index is 2.48. The van der Waals surface area contributed by atoms with E-state index in [-0.39, 0.29) is 5.41 Å². The van der Waals surface area contributed by atoms with Gasteiger partial charge in [0.15, 0.2) is 5.13 Å². The molecule has 1 N–H and O–H groups in total. The maximum Gasteiger partial charge on any atom is 0.347 e. The molecule has 0 aliphatic rings. The van der Waals surface area contributed by atoms with Gasteiger partial charge in [-0.25, -0.2) is 9.78 Å². The highest BCUT2D eigenvalue weighted by Gasteiger charge is 2.28. The molecule has 4 nitrogen and oxygen atoms in total. The van der Waals surface area contributed by atoms with E-state index in [1.807, 2.05) is 57.8 Å². The smallest absolute Gasteiger partial charge is 0.347 e. The first-order chi connectivity index (χ1) is 9.70. The van der Waals surface area contributed by atoms with Crippen molar-refractivity contribution in [2.75, 3.05) is 11.9 Å². The molecule has 1 aromatic heterocycles. The van der Waals surface area contributed by atoms with E-state index in [2.05, 4.69) is 11.1 Å². The quantitative estimate of drug-likeness (QED) is 0.922. The van der Waals surface area contributed by atoms with Crippen molar-refractivity contribution in [2.45, 2.75) is 33.1 Å². The minimum absolute atomic E-state index is 0.296. The predicted octanol–water partition coefficient (Wildman–Crippen LogP) is 4.22. The molecule has 0 aliphatic carbocycles. The molecular formula is C16H20N2O2S. The van der Waals surface area contributed by atoms with Crippen molar-refractivity contribution in [3.05, 3.63) is 40.4 Å². The van der Waals surface area contributed by atoms with Crippen molar-refractivity contribution in [1.29, 1.82) is 0 Å². The zero-order valence-corrected chi connectivity index (χ0v) is 13.8. The normalized spacial score (nSPS) is 11.5. The summed E-state index contributed by atoms with van der Waals surface area (Å²) in [6.07, 6.45) is 0. The van der Waals surface area contributed by atoms with Crippen LogP contribution in [0.25, 0.3) is 0 Å². The third-order valence-corrected chi connectivity index (χ3v) is 4.32. The molecule has 0 unspecified atom stereocenters. The van der Waals surface area contributed by atoms with Crippen LogP contribution < -0.4 is 4.90 Å². The van der Waals surface area contributed by atoms with Crippen LogP contribution in [0.3, 0.4) is 0 Å². The zero-order chi connectivity index (χ0) is 15.8. The van der Waals surface area contributed by atoms with Gasteiger partial charge in [0.25, 0.3) is 0 Å². The highest BCUT2D eigenvalue weighted by Crippen LogP contribution is 2.36. The van der Waals surface area contributed by atoms with E-state index in [1.165, 1.54) is 11.3 Å². The molecule has 0 spiro atoms. The fourth-order valence-electron chi connectivity index (χ4n) is 2.05. The number of aryl methyl sites for hydroxylation is 1. The van der Waals surface area contributed by atoms with Gasteiger partial charge in [-0.15, -0.1) is 0 Å². The minimum Gasteiger partial charge on any atom is -0.477 e. The molecule has 0 atom stereocenters. The summed E-state index contributed by atoms with van der Waals surface area (Å²) in [6, 6.07) is 8.06. The number of carboxylic acid groups (broad SMARTS) is 1. The second kappa shape index (κ2) is 5.48. The lowest BCUT2D eigenvalue weighted by molar-refractivity contribution is 0.0699. The molecule has 21 heavy (non-hydrogen) atoms. The number of aromatic carboxylic acids is 1. The maximum absolute atomic E-state index is 11.4. The molecular weight excluding hydrogens is 284 g/mol. The highest BCUT2D eigenvalue weighted by atomic mass is 32.1. The van der Waals surface area contributed by atoms with Gasteiger partial charge in [-0.3, -0.25) is 0 Å². The van der Waals surface area contributed by atoms with Crippen LogP contribution in [0.4, 0.5) is 10.8 Å². The van der Waals surface area contributed by atoms with Crippen LogP contribution in [-0.4, -0.2) is 23.1 Å². The largest absolute Gasteiger partial charge is 0.477 e. The maximum atomic E-state index is 11.4. The van der Waals surface area contributed by atoms with E-state index >= 15 is 0 Å². The number of anilines is 2. The Kier molecular flexibility index (Phi) is 4.05. The summed E-state index contributed by atoms with van der Waals surface area (Å²) in [5.74, 6) is -0.915. The topological polar surface area (TPSA) is 53.4 Å². The molecule has 0 bridgehead atoms. The van der Waals surface area contributed by atoms with Gasteiger partial charge in [0, 0.05) is 18.2 Å². The second-order valence-corrected chi connectivity index (χ2v) is 7.10. The summed E-state index contributed by atoms with van der Waals surface area (Å²) in [5.41, 5.74) is 2.50. The molecule has 0 saturated carbocycles. The van der Waals surface area contributed by atoms with E-state index in [0.29, 0.717) is 15.7 Å². The average molecular weight is 304 g/mol. The van der Waals surface area contributed by atoms with Crippen molar-refractivity contribution in [1.82, 2.24) is 4.98 Å². The number of aromatic nitrogens is 1. The van der Waals surface area contributed by atoms with Crippen LogP contribution in [0.2, 0.25) is 0 Å². The number of rotatable bonds is 3. The van der Waals surface area contributed by atoms with E-state index in [0.717, 1.165) is 11.3 Å². The summed E-state index contributed by atoms with van der Waals surface area (Å²) in [4.78, 5) is 18.3. The Hall–Kier alpha value is -1.88. The number of hydrogen-bond acceptors (Lipinski definition) is 4. The first-order valence-electron chi connectivity index (χ1n) is 6.75. The summed E-state index contributed by atoms with van der Waals surface area (Å²) < 4.78 is 0. The van der Waals surface area contributed by atoms with Crippen molar-refractivity contribution >= 4 is 28.1 Å². The third-order valence-electron chi connectivity index (χ3n) is 3.20. The standard InChI is InChI=1S/C16H20N2O2S/c1-10-7-6-8-11(9-10)18(5)15-17-13(16(2,3)4)12(21-15)14(19)20/h6-9H,1-5H3,(H,19,20). The Morgan fingerprint density at radius 2 is 2.00 bits per heavy atom. The summed E-state index contributed by atoms with van der Waals surface area (Å²) in [6.45, 7) is 7.96. The molecule has 0 saturated heterocycles. The minimum atomic E-state index is -0.915. The van der Waals surface area contributed by atoms with Crippen molar-refractivity contribution in [3.63, 3.8) is 0 Å². The SMILES string of the molecule is Cc1cccc(N(C)c2nc(C(C)(C)C)c(C(=O)O)s2)c1. The van der Waals surface area contributed by atoms with Crippen LogP contribution >= 0.6 is 11.3 Å². The fraction of sp³-hybridized carbons (Fsp3) is 0.375. The molecule has 1 aromatic carbocycles. The number of carboxylic acids is 1. The number of benzene rings is 1. The number of nitrogens with zero attached hydrogens (tertiary/aromatic N) is 2. The van der Waals surface area contributed by atoms with E-state index in [1.54, 1.807) is 0 Å². The van der Waals surface area contributed by atoms with Gasteiger partial charge in [0.05, 0.1) is 5.69 Å². The number of hydrogen-bond donors (Lipinski definition) is 1. The van der Waals surface area contributed by atoms with Gasteiger partial charge in [-0.2, -0.15) is 0 Å². The van der Waals surface area contributed by atoms with Gasteiger partial charge < -0.3 is 10.0 Å². The molecule has 5 heteroatoms. The number of thiazole rings is 1. The first-order valence-corrected chi connectivity index (χ1v) is 7.57. The van der Waals surface area contributed by atoms with E-state index in [9.17, 15) is 9.90 Å². The van der Waals surface area contributed by atoms with Crippen molar-refractivity contribution in [2.24, 2.45) is 0 Å².